The molecule has 3 nitrogen and oxygen atoms in total. The van der Waals surface area contributed by atoms with Crippen molar-refractivity contribution in [3.8, 4) is 0 Å². The lowest BCUT2D eigenvalue weighted by atomic mass is 10.00. The first kappa shape index (κ1) is 13.1. The van der Waals surface area contributed by atoms with Crippen LogP contribution >= 0.6 is 0 Å². The minimum Gasteiger partial charge on any atom is -0.368 e. The Labute approximate surface area is 109 Å². The molecule has 3 heteroatoms. The average molecular weight is 247 g/mol. The highest BCUT2D eigenvalue weighted by Gasteiger charge is 2.25. The van der Waals surface area contributed by atoms with E-state index in [2.05, 4.69) is 37.4 Å². The van der Waals surface area contributed by atoms with Gasteiger partial charge < -0.3 is 10.1 Å². The molecule has 1 fully saturated rings. The first-order chi connectivity index (χ1) is 8.58. The summed E-state index contributed by atoms with van der Waals surface area (Å²) in [7, 11) is 0. The number of benzene rings is 1. The fourth-order valence-corrected chi connectivity index (χ4v) is 2.48. The second-order valence-corrected chi connectivity index (χ2v) is 5.09. The van der Waals surface area contributed by atoms with Crippen LogP contribution in [0.1, 0.15) is 42.5 Å². The quantitative estimate of drug-likeness (QED) is 0.891. The molecule has 2 atom stereocenters. The van der Waals surface area contributed by atoms with Crippen molar-refractivity contribution in [3.05, 3.63) is 34.9 Å². The molecular weight excluding hydrogens is 226 g/mol. The second kappa shape index (κ2) is 5.53. The monoisotopic (exact) mass is 247 g/mol. The van der Waals surface area contributed by atoms with Crippen LogP contribution in [0, 0.1) is 13.8 Å². The number of amides is 1. The molecule has 0 spiro atoms. The van der Waals surface area contributed by atoms with E-state index in [0.29, 0.717) is 6.61 Å². The zero-order valence-electron chi connectivity index (χ0n) is 11.3. The number of hydrogen-bond acceptors (Lipinski definition) is 2. The number of nitrogens with one attached hydrogen (secondary N) is 1. The van der Waals surface area contributed by atoms with Crippen LogP contribution in [0.5, 0.6) is 0 Å². The molecule has 98 valence electrons. The second-order valence-electron chi connectivity index (χ2n) is 5.09. The lowest BCUT2D eigenvalue weighted by molar-refractivity contribution is -0.130. The summed E-state index contributed by atoms with van der Waals surface area (Å²) >= 11 is 0. The largest absolute Gasteiger partial charge is 0.368 e. The Bertz CT molecular complexity index is 436. The maximum atomic E-state index is 12.0. The van der Waals surface area contributed by atoms with Crippen molar-refractivity contribution in [1.82, 2.24) is 5.32 Å². The van der Waals surface area contributed by atoms with E-state index < -0.39 is 0 Å². The van der Waals surface area contributed by atoms with E-state index in [1.54, 1.807) is 0 Å². The molecule has 0 aromatic heterocycles. The highest BCUT2D eigenvalue weighted by molar-refractivity contribution is 5.81. The summed E-state index contributed by atoms with van der Waals surface area (Å²) in [6, 6.07) is 6.34. The Morgan fingerprint density at radius 3 is 2.83 bits per heavy atom. The van der Waals surface area contributed by atoms with Gasteiger partial charge in [0.25, 0.3) is 0 Å². The molecule has 1 aromatic rings. The molecule has 1 aliphatic heterocycles. The summed E-state index contributed by atoms with van der Waals surface area (Å²) in [6.45, 7) is 6.88. The molecule has 1 aromatic carbocycles. The molecule has 0 saturated carbocycles. The van der Waals surface area contributed by atoms with E-state index in [1.165, 1.54) is 16.7 Å². The van der Waals surface area contributed by atoms with E-state index in [0.717, 1.165) is 12.8 Å². The predicted octanol–water partition coefficient (Wildman–Crippen LogP) is 2.66. The highest BCUT2D eigenvalue weighted by atomic mass is 16.5. The van der Waals surface area contributed by atoms with Crippen LogP contribution in [0.15, 0.2) is 18.2 Å². The minimum absolute atomic E-state index is 0.0139. The molecule has 0 aliphatic carbocycles. The zero-order valence-corrected chi connectivity index (χ0v) is 11.3. The van der Waals surface area contributed by atoms with Gasteiger partial charge >= 0.3 is 0 Å². The standard InChI is InChI=1S/C15H21NO2/c1-10-6-7-13(11(2)9-10)12(3)16-15(17)14-5-4-8-18-14/h6-7,9,12,14H,4-5,8H2,1-3H3,(H,16,17)/t12-,14-/m1/s1. The van der Waals surface area contributed by atoms with Gasteiger partial charge in [-0.25, -0.2) is 0 Å². The predicted molar refractivity (Wildman–Crippen MR) is 71.4 cm³/mol. The van der Waals surface area contributed by atoms with Gasteiger partial charge in [0.15, 0.2) is 0 Å². The van der Waals surface area contributed by atoms with E-state index in [-0.39, 0.29) is 18.1 Å². The lowest BCUT2D eigenvalue weighted by Gasteiger charge is -2.19. The van der Waals surface area contributed by atoms with Crippen molar-refractivity contribution in [3.63, 3.8) is 0 Å². The van der Waals surface area contributed by atoms with Crippen LogP contribution in [0.2, 0.25) is 0 Å². The third-order valence-electron chi connectivity index (χ3n) is 3.47. The molecule has 1 heterocycles. The van der Waals surface area contributed by atoms with Crippen molar-refractivity contribution in [2.75, 3.05) is 6.61 Å². The van der Waals surface area contributed by atoms with Crippen LogP contribution in [-0.2, 0) is 9.53 Å². The summed E-state index contributed by atoms with van der Waals surface area (Å²) in [5.41, 5.74) is 3.64. The van der Waals surface area contributed by atoms with Crippen molar-refractivity contribution in [1.29, 1.82) is 0 Å². The summed E-state index contributed by atoms with van der Waals surface area (Å²) in [4.78, 5) is 12.0. The highest BCUT2D eigenvalue weighted by Crippen LogP contribution is 2.20. The Balaban J connectivity index is 2.02. The van der Waals surface area contributed by atoms with Gasteiger partial charge in [0.1, 0.15) is 6.10 Å². The molecule has 1 saturated heterocycles. The summed E-state index contributed by atoms with van der Waals surface area (Å²) in [6.07, 6.45) is 1.57. The summed E-state index contributed by atoms with van der Waals surface area (Å²) in [5.74, 6) is 0.0139. The van der Waals surface area contributed by atoms with Crippen LogP contribution in [0.4, 0.5) is 0 Å². The molecule has 0 unspecified atom stereocenters. The fourth-order valence-electron chi connectivity index (χ4n) is 2.48. The van der Waals surface area contributed by atoms with Crippen LogP contribution < -0.4 is 5.32 Å². The third-order valence-corrected chi connectivity index (χ3v) is 3.47. The zero-order chi connectivity index (χ0) is 13.1. The number of carbonyl (C=O) groups is 1. The van der Waals surface area contributed by atoms with Gasteiger partial charge in [-0.3, -0.25) is 4.79 Å². The first-order valence-electron chi connectivity index (χ1n) is 6.57. The normalized spacial score (nSPS) is 20.7. The van der Waals surface area contributed by atoms with Crippen molar-refractivity contribution in [2.45, 2.75) is 45.8 Å². The number of aryl methyl sites for hydroxylation is 2. The number of ether oxygens (including phenoxy) is 1. The lowest BCUT2D eigenvalue weighted by Crippen LogP contribution is -2.36. The first-order valence-corrected chi connectivity index (χ1v) is 6.57. The molecule has 0 bridgehead atoms. The average Bonchev–Trinajstić information content (AvgIpc) is 2.81. The van der Waals surface area contributed by atoms with Gasteiger partial charge in [-0.1, -0.05) is 23.8 Å². The molecule has 0 radical (unpaired) electrons. The van der Waals surface area contributed by atoms with Gasteiger partial charge in [-0.15, -0.1) is 0 Å². The number of rotatable bonds is 3. The third kappa shape index (κ3) is 2.91. The van der Waals surface area contributed by atoms with E-state index in [4.69, 9.17) is 4.74 Å². The molecule has 2 rings (SSSR count). The van der Waals surface area contributed by atoms with Crippen LogP contribution in [-0.4, -0.2) is 18.6 Å². The maximum Gasteiger partial charge on any atom is 0.249 e. The fraction of sp³-hybridized carbons (Fsp3) is 0.533. The van der Waals surface area contributed by atoms with Gasteiger partial charge in [0.05, 0.1) is 6.04 Å². The molecule has 1 amide bonds. The molecule has 18 heavy (non-hydrogen) atoms. The van der Waals surface area contributed by atoms with Crippen LogP contribution in [0.25, 0.3) is 0 Å². The van der Waals surface area contributed by atoms with E-state index >= 15 is 0 Å². The molecule has 1 N–H and O–H groups in total. The molecule has 1 aliphatic rings. The minimum atomic E-state index is -0.252. The van der Waals surface area contributed by atoms with Gasteiger partial charge in [0.2, 0.25) is 5.91 Å². The Kier molecular flexibility index (Phi) is 4.02. The van der Waals surface area contributed by atoms with E-state index in [1.807, 2.05) is 6.92 Å². The van der Waals surface area contributed by atoms with Crippen molar-refractivity contribution < 1.29 is 9.53 Å². The van der Waals surface area contributed by atoms with Crippen molar-refractivity contribution >= 4 is 5.91 Å². The number of hydrogen-bond donors (Lipinski definition) is 1. The Morgan fingerprint density at radius 1 is 1.44 bits per heavy atom. The maximum absolute atomic E-state index is 12.0. The van der Waals surface area contributed by atoms with Gasteiger partial charge in [-0.05, 0) is 44.7 Å². The SMILES string of the molecule is Cc1ccc([C@@H](C)NC(=O)[C@H]2CCCO2)c(C)c1. The molecular formula is C15H21NO2. The van der Waals surface area contributed by atoms with Gasteiger partial charge in [0, 0.05) is 6.61 Å². The smallest absolute Gasteiger partial charge is 0.249 e. The topological polar surface area (TPSA) is 38.3 Å². The van der Waals surface area contributed by atoms with Gasteiger partial charge in [-0.2, -0.15) is 0 Å². The van der Waals surface area contributed by atoms with Crippen molar-refractivity contribution in [2.24, 2.45) is 0 Å². The Hall–Kier alpha value is -1.35. The number of carbonyl (C=O) groups excluding carboxylic acids is 1. The Morgan fingerprint density at radius 2 is 2.22 bits per heavy atom. The summed E-state index contributed by atoms with van der Waals surface area (Å²) < 4.78 is 5.39. The van der Waals surface area contributed by atoms with E-state index in [9.17, 15) is 4.79 Å². The van der Waals surface area contributed by atoms with Crippen LogP contribution in [0.3, 0.4) is 0 Å². The summed E-state index contributed by atoms with van der Waals surface area (Å²) in [5, 5.41) is 3.03.